The van der Waals surface area contributed by atoms with E-state index in [-0.39, 0.29) is 43.1 Å². The molecule has 2 heterocycles. The van der Waals surface area contributed by atoms with E-state index in [0.29, 0.717) is 5.56 Å². The maximum atomic E-state index is 14.4. The molecule has 2 aliphatic rings. The predicted octanol–water partition coefficient (Wildman–Crippen LogP) is 2.51. The largest absolute Gasteiger partial charge is 0.481 e. The number of nitrogens with one attached hydrogen (secondary N) is 1. The van der Waals surface area contributed by atoms with Crippen molar-refractivity contribution in [2.45, 2.75) is 56.7 Å². The number of methoxy groups -OCH3 is 1. The molecule has 1 aromatic rings. The predicted molar refractivity (Wildman–Crippen MR) is 91.5 cm³/mol. The first-order valence-electron chi connectivity index (χ1n) is 9.05. The summed E-state index contributed by atoms with van der Waals surface area (Å²) in [4.78, 5) is 17.9. The Labute approximate surface area is 156 Å². The SMILES string of the molecule is COc1nc(O[C@H]2CCC(F)(F)C2)c(F)cc1CN(C)C(=O)[C@@H]1CCCN1. The number of likely N-dealkylation sites (N-methyl/N-ethyl adjacent to an activating group) is 1. The van der Waals surface area contributed by atoms with E-state index in [1.165, 1.54) is 18.1 Å². The quantitative estimate of drug-likeness (QED) is 0.813. The maximum absolute atomic E-state index is 14.4. The molecule has 1 saturated heterocycles. The van der Waals surface area contributed by atoms with Gasteiger partial charge in [-0.25, -0.2) is 13.2 Å². The molecule has 1 saturated carbocycles. The lowest BCUT2D eigenvalue weighted by molar-refractivity contribution is -0.132. The highest BCUT2D eigenvalue weighted by molar-refractivity contribution is 5.82. The Morgan fingerprint density at radius 3 is 2.78 bits per heavy atom. The van der Waals surface area contributed by atoms with Gasteiger partial charge in [0.25, 0.3) is 11.8 Å². The zero-order valence-corrected chi connectivity index (χ0v) is 15.4. The van der Waals surface area contributed by atoms with Crippen molar-refractivity contribution in [3.63, 3.8) is 0 Å². The molecule has 0 unspecified atom stereocenters. The smallest absolute Gasteiger partial charge is 0.254 e. The molecule has 1 amide bonds. The van der Waals surface area contributed by atoms with Crippen molar-refractivity contribution in [2.75, 3.05) is 20.7 Å². The summed E-state index contributed by atoms with van der Waals surface area (Å²) in [5.74, 6) is -3.88. The van der Waals surface area contributed by atoms with Gasteiger partial charge < -0.3 is 19.7 Å². The third kappa shape index (κ3) is 4.63. The van der Waals surface area contributed by atoms with Crippen LogP contribution >= 0.6 is 0 Å². The fraction of sp³-hybridized carbons (Fsp3) is 0.667. The van der Waals surface area contributed by atoms with Gasteiger partial charge >= 0.3 is 0 Å². The van der Waals surface area contributed by atoms with Crippen molar-refractivity contribution < 1.29 is 27.4 Å². The number of rotatable bonds is 6. The lowest BCUT2D eigenvalue weighted by Gasteiger charge is -2.22. The van der Waals surface area contributed by atoms with Gasteiger partial charge in [0, 0.05) is 25.5 Å². The van der Waals surface area contributed by atoms with Gasteiger partial charge in [-0.1, -0.05) is 0 Å². The number of nitrogens with zero attached hydrogens (tertiary/aromatic N) is 2. The Morgan fingerprint density at radius 2 is 2.19 bits per heavy atom. The Hall–Kier alpha value is -2.03. The average Bonchev–Trinajstić information content (AvgIpc) is 3.26. The van der Waals surface area contributed by atoms with Crippen molar-refractivity contribution in [1.82, 2.24) is 15.2 Å². The van der Waals surface area contributed by atoms with Gasteiger partial charge in [0.1, 0.15) is 6.10 Å². The van der Waals surface area contributed by atoms with Gasteiger partial charge in [-0.15, -0.1) is 0 Å². The van der Waals surface area contributed by atoms with Gasteiger partial charge in [0.2, 0.25) is 11.8 Å². The highest BCUT2D eigenvalue weighted by Gasteiger charge is 2.41. The third-order valence-corrected chi connectivity index (χ3v) is 4.96. The number of carbonyl (C=O) groups excluding carboxylic acids is 1. The van der Waals surface area contributed by atoms with E-state index in [1.807, 2.05) is 0 Å². The number of aromatic nitrogens is 1. The first-order chi connectivity index (χ1) is 12.8. The van der Waals surface area contributed by atoms with E-state index in [0.717, 1.165) is 19.4 Å². The number of halogens is 3. The number of alkyl halides is 2. The van der Waals surface area contributed by atoms with Crippen molar-refractivity contribution in [1.29, 1.82) is 0 Å². The molecule has 1 aliphatic heterocycles. The second-order valence-electron chi connectivity index (χ2n) is 7.13. The summed E-state index contributed by atoms with van der Waals surface area (Å²) in [7, 11) is 3.00. The second-order valence-corrected chi connectivity index (χ2v) is 7.13. The van der Waals surface area contributed by atoms with Crippen LogP contribution in [0, 0.1) is 5.82 Å². The van der Waals surface area contributed by atoms with E-state index in [4.69, 9.17) is 9.47 Å². The Bertz CT molecular complexity index is 696. The Kier molecular flexibility index (Phi) is 5.78. The summed E-state index contributed by atoms with van der Waals surface area (Å²) in [6.45, 7) is 0.919. The van der Waals surface area contributed by atoms with Crippen LogP contribution in [0.15, 0.2) is 6.07 Å². The number of pyridine rings is 1. The fourth-order valence-corrected chi connectivity index (χ4v) is 3.53. The molecule has 2 atom stereocenters. The van der Waals surface area contributed by atoms with Crippen molar-refractivity contribution >= 4 is 5.91 Å². The molecule has 0 bridgehead atoms. The van der Waals surface area contributed by atoms with Crippen LogP contribution in [0.5, 0.6) is 11.8 Å². The van der Waals surface area contributed by atoms with E-state index in [2.05, 4.69) is 10.3 Å². The first-order valence-corrected chi connectivity index (χ1v) is 9.05. The summed E-state index contributed by atoms with van der Waals surface area (Å²) < 4.78 is 51.5. The minimum atomic E-state index is -2.79. The molecule has 2 fully saturated rings. The Balaban J connectivity index is 1.71. The highest BCUT2D eigenvalue weighted by Crippen LogP contribution is 2.37. The molecule has 1 aliphatic carbocycles. The molecule has 3 rings (SSSR count). The average molecular weight is 387 g/mol. The minimum absolute atomic E-state index is 0.0801. The van der Waals surface area contributed by atoms with E-state index < -0.39 is 24.3 Å². The fourth-order valence-electron chi connectivity index (χ4n) is 3.53. The zero-order valence-electron chi connectivity index (χ0n) is 15.4. The number of amides is 1. The molecule has 0 aromatic carbocycles. The van der Waals surface area contributed by atoms with Crippen LogP contribution in [0.1, 0.15) is 37.7 Å². The van der Waals surface area contributed by atoms with E-state index in [9.17, 15) is 18.0 Å². The van der Waals surface area contributed by atoms with Crippen LogP contribution in [0.25, 0.3) is 0 Å². The summed E-state index contributed by atoms with van der Waals surface area (Å²) in [6, 6.07) is 0.950. The van der Waals surface area contributed by atoms with Crippen LogP contribution in [-0.4, -0.2) is 54.6 Å². The number of hydrogen-bond donors (Lipinski definition) is 1. The topological polar surface area (TPSA) is 63.7 Å². The van der Waals surface area contributed by atoms with Crippen molar-refractivity contribution in [3.05, 3.63) is 17.4 Å². The van der Waals surface area contributed by atoms with Gasteiger partial charge in [0.05, 0.1) is 19.7 Å². The molecular weight excluding hydrogens is 363 g/mol. The van der Waals surface area contributed by atoms with Crippen LogP contribution in [0.4, 0.5) is 13.2 Å². The molecule has 9 heteroatoms. The van der Waals surface area contributed by atoms with Crippen LogP contribution in [-0.2, 0) is 11.3 Å². The van der Waals surface area contributed by atoms with E-state index in [1.54, 1.807) is 7.05 Å². The zero-order chi connectivity index (χ0) is 19.6. The molecule has 150 valence electrons. The standard InChI is InChI=1S/C18H24F3N3O3/c1-24(17(25)14-4-3-7-22-14)10-11-8-13(19)16(23-15(11)26-2)27-12-5-6-18(20,21)9-12/h8,12,14,22H,3-7,9-10H2,1-2H3/t12-,14-/m0/s1. The molecular formula is C18H24F3N3O3. The first kappa shape index (κ1) is 19.7. The summed E-state index contributed by atoms with van der Waals surface area (Å²) in [6.07, 6.45) is 0.335. The summed E-state index contributed by atoms with van der Waals surface area (Å²) in [5.41, 5.74) is 0.382. The summed E-state index contributed by atoms with van der Waals surface area (Å²) in [5, 5.41) is 3.13. The Morgan fingerprint density at radius 1 is 1.41 bits per heavy atom. The maximum Gasteiger partial charge on any atom is 0.254 e. The molecule has 0 spiro atoms. The molecule has 1 aromatic heterocycles. The normalized spacial score (nSPS) is 24.0. The van der Waals surface area contributed by atoms with Gasteiger partial charge in [0.15, 0.2) is 5.82 Å². The van der Waals surface area contributed by atoms with Gasteiger partial charge in [-0.2, -0.15) is 4.98 Å². The van der Waals surface area contributed by atoms with Gasteiger partial charge in [-0.3, -0.25) is 4.79 Å². The van der Waals surface area contributed by atoms with Crippen molar-refractivity contribution in [3.8, 4) is 11.8 Å². The molecule has 27 heavy (non-hydrogen) atoms. The number of carbonyl (C=O) groups is 1. The van der Waals surface area contributed by atoms with Crippen LogP contribution in [0.3, 0.4) is 0 Å². The summed E-state index contributed by atoms with van der Waals surface area (Å²) >= 11 is 0. The lowest BCUT2D eigenvalue weighted by atomic mass is 10.2. The monoisotopic (exact) mass is 387 g/mol. The highest BCUT2D eigenvalue weighted by atomic mass is 19.3. The number of ether oxygens (including phenoxy) is 2. The molecule has 1 N–H and O–H groups in total. The van der Waals surface area contributed by atoms with Gasteiger partial charge in [-0.05, 0) is 31.9 Å². The molecule has 0 radical (unpaired) electrons. The van der Waals surface area contributed by atoms with Crippen molar-refractivity contribution in [2.24, 2.45) is 0 Å². The van der Waals surface area contributed by atoms with E-state index >= 15 is 0 Å². The van der Waals surface area contributed by atoms with Crippen LogP contribution in [0.2, 0.25) is 0 Å². The lowest BCUT2D eigenvalue weighted by Crippen LogP contribution is -2.41. The van der Waals surface area contributed by atoms with Crippen LogP contribution < -0.4 is 14.8 Å². The number of hydrogen-bond acceptors (Lipinski definition) is 5. The third-order valence-electron chi connectivity index (χ3n) is 4.96. The minimum Gasteiger partial charge on any atom is -0.481 e. The second kappa shape index (κ2) is 7.92. The molecule has 6 nitrogen and oxygen atoms in total.